The summed E-state index contributed by atoms with van der Waals surface area (Å²) in [4.78, 5) is 22.4. The topological polar surface area (TPSA) is 82.6 Å². The summed E-state index contributed by atoms with van der Waals surface area (Å²) in [5.41, 5.74) is 7.85. The number of carbonyl (C=O) groups is 1. The van der Waals surface area contributed by atoms with E-state index in [0.717, 1.165) is 39.4 Å². The lowest BCUT2D eigenvalue weighted by Crippen LogP contribution is -2.17. The van der Waals surface area contributed by atoms with Crippen molar-refractivity contribution in [3.8, 4) is 5.75 Å². The number of benzene rings is 3. The number of imidazole rings is 1. The van der Waals surface area contributed by atoms with Crippen LogP contribution in [0.1, 0.15) is 27.3 Å². The van der Waals surface area contributed by atoms with Crippen LogP contribution in [0.15, 0.2) is 71.8 Å². The summed E-state index contributed by atoms with van der Waals surface area (Å²) in [6.07, 6.45) is 2.29. The normalized spacial score (nSPS) is 11.1. The fraction of sp³-hybridized carbons (Fsp3) is 0.160. The van der Waals surface area contributed by atoms with Gasteiger partial charge in [-0.25, -0.2) is 10.4 Å². The molecule has 0 bridgehead atoms. The molecule has 0 saturated carbocycles. The van der Waals surface area contributed by atoms with Gasteiger partial charge in [0.15, 0.2) is 0 Å². The summed E-state index contributed by atoms with van der Waals surface area (Å²) in [6, 6.07) is 21.1. The quantitative estimate of drug-likeness (QED) is 0.345. The fourth-order valence-electron chi connectivity index (χ4n) is 3.31. The van der Waals surface area contributed by atoms with Crippen LogP contribution in [0, 0.1) is 0 Å². The highest BCUT2D eigenvalue weighted by molar-refractivity contribution is 5.97. The molecule has 4 rings (SSSR count). The third-order valence-electron chi connectivity index (χ3n) is 5.11. The van der Waals surface area contributed by atoms with Crippen molar-refractivity contribution in [1.29, 1.82) is 0 Å². The van der Waals surface area contributed by atoms with Crippen LogP contribution >= 0.6 is 0 Å². The number of aromatic amines is 1. The molecule has 0 atom stereocenters. The number of rotatable bonds is 7. The molecule has 1 amide bonds. The first-order valence-electron chi connectivity index (χ1n) is 10.2. The van der Waals surface area contributed by atoms with Gasteiger partial charge in [0.2, 0.25) is 0 Å². The molecule has 0 saturated heterocycles. The maximum atomic E-state index is 12.5. The number of nitrogens with one attached hydrogen (secondary N) is 2. The van der Waals surface area contributed by atoms with E-state index in [0.29, 0.717) is 12.0 Å². The molecule has 7 nitrogen and oxygen atoms in total. The van der Waals surface area contributed by atoms with Gasteiger partial charge >= 0.3 is 0 Å². The van der Waals surface area contributed by atoms with Crippen molar-refractivity contribution < 1.29 is 9.53 Å². The first kappa shape index (κ1) is 21.1. The van der Waals surface area contributed by atoms with Gasteiger partial charge in [-0.2, -0.15) is 5.10 Å². The van der Waals surface area contributed by atoms with E-state index in [-0.39, 0.29) is 5.91 Å². The van der Waals surface area contributed by atoms with Crippen molar-refractivity contribution in [2.45, 2.75) is 6.42 Å². The highest BCUT2D eigenvalue weighted by Gasteiger charge is 2.09. The first-order chi connectivity index (χ1) is 15.5. The predicted octanol–water partition coefficient (Wildman–Crippen LogP) is 3.99. The summed E-state index contributed by atoms with van der Waals surface area (Å²) in [5.74, 6) is 1.38. The lowest BCUT2D eigenvalue weighted by Gasteiger charge is -2.11. The second kappa shape index (κ2) is 9.34. The summed E-state index contributed by atoms with van der Waals surface area (Å²) in [7, 11) is 5.62. The zero-order valence-electron chi connectivity index (χ0n) is 18.3. The zero-order valence-corrected chi connectivity index (χ0v) is 18.3. The van der Waals surface area contributed by atoms with E-state index in [9.17, 15) is 4.79 Å². The largest absolute Gasteiger partial charge is 0.497 e. The van der Waals surface area contributed by atoms with Gasteiger partial charge in [0.05, 0.1) is 24.4 Å². The number of hydrogen-bond donors (Lipinski definition) is 2. The number of fused-ring (bicyclic) bond motifs is 1. The SMILES string of the molecule is COc1ccc(Cc2nc3ccc(C(=O)N/N=C\c4ccc(N(C)C)cc4)cc3[nH]2)cc1. The van der Waals surface area contributed by atoms with Crippen molar-refractivity contribution in [1.82, 2.24) is 15.4 Å². The van der Waals surface area contributed by atoms with Crippen molar-refractivity contribution in [3.63, 3.8) is 0 Å². The molecule has 0 spiro atoms. The summed E-state index contributed by atoms with van der Waals surface area (Å²) in [6.45, 7) is 0. The molecule has 0 aliphatic rings. The van der Waals surface area contributed by atoms with Crippen LogP contribution in [0.2, 0.25) is 0 Å². The van der Waals surface area contributed by atoms with Gasteiger partial charge in [-0.1, -0.05) is 24.3 Å². The van der Waals surface area contributed by atoms with Crippen LogP contribution in [-0.4, -0.2) is 43.3 Å². The average molecular weight is 428 g/mol. The number of hydrogen-bond acceptors (Lipinski definition) is 5. The molecule has 2 N–H and O–H groups in total. The highest BCUT2D eigenvalue weighted by atomic mass is 16.5. The minimum absolute atomic E-state index is 0.278. The minimum Gasteiger partial charge on any atom is -0.497 e. The number of ether oxygens (including phenoxy) is 1. The maximum absolute atomic E-state index is 12.5. The average Bonchev–Trinajstić information content (AvgIpc) is 3.21. The zero-order chi connectivity index (χ0) is 22.5. The van der Waals surface area contributed by atoms with E-state index in [4.69, 9.17) is 4.74 Å². The van der Waals surface area contributed by atoms with Crippen LogP contribution in [0.5, 0.6) is 5.75 Å². The van der Waals surface area contributed by atoms with Crippen molar-refractivity contribution in [3.05, 3.63) is 89.2 Å². The maximum Gasteiger partial charge on any atom is 0.271 e. The number of methoxy groups -OCH3 is 1. The van der Waals surface area contributed by atoms with Crippen LogP contribution in [-0.2, 0) is 6.42 Å². The molecular weight excluding hydrogens is 402 g/mol. The Morgan fingerprint density at radius 2 is 1.84 bits per heavy atom. The Hall–Kier alpha value is -4.13. The molecule has 1 heterocycles. The fourth-order valence-corrected chi connectivity index (χ4v) is 3.31. The molecule has 0 fully saturated rings. The van der Waals surface area contributed by atoms with Gasteiger partial charge in [-0.05, 0) is 53.6 Å². The van der Waals surface area contributed by atoms with Gasteiger partial charge in [-0.3, -0.25) is 4.79 Å². The molecule has 1 aromatic heterocycles. The molecule has 0 aliphatic carbocycles. The van der Waals surface area contributed by atoms with Gasteiger partial charge in [0.25, 0.3) is 5.91 Å². The summed E-state index contributed by atoms with van der Waals surface area (Å²) in [5, 5.41) is 4.07. The molecular formula is C25H25N5O2. The Balaban J connectivity index is 1.41. The molecule has 0 radical (unpaired) electrons. The number of anilines is 1. The monoisotopic (exact) mass is 427 g/mol. The minimum atomic E-state index is -0.278. The van der Waals surface area contributed by atoms with Gasteiger partial charge in [0, 0.05) is 31.8 Å². The van der Waals surface area contributed by atoms with Crippen LogP contribution in [0.25, 0.3) is 11.0 Å². The standard InChI is InChI=1S/C25H25N5O2/c1-30(2)20-9-4-18(5-10-20)16-26-29-25(31)19-8-13-22-23(15-19)28-24(27-22)14-17-6-11-21(32-3)12-7-17/h4-13,15-16H,14H2,1-3H3,(H,27,28)(H,29,31)/b26-16-. The van der Waals surface area contributed by atoms with Crippen molar-refractivity contribution in [2.75, 3.05) is 26.1 Å². The van der Waals surface area contributed by atoms with E-state index in [1.807, 2.05) is 73.6 Å². The summed E-state index contributed by atoms with van der Waals surface area (Å²) >= 11 is 0. The lowest BCUT2D eigenvalue weighted by atomic mass is 10.1. The Bertz CT molecular complexity index is 1240. The van der Waals surface area contributed by atoms with E-state index < -0.39 is 0 Å². The van der Waals surface area contributed by atoms with Gasteiger partial charge in [0.1, 0.15) is 11.6 Å². The number of amides is 1. The van der Waals surface area contributed by atoms with E-state index in [1.165, 1.54) is 0 Å². The third kappa shape index (κ3) is 4.95. The smallest absolute Gasteiger partial charge is 0.271 e. The van der Waals surface area contributed by atoms with Crippen molar-refractivity contribution >= 4 is 28.8 Å². The lowest BCUT2D eigenvalue weighted by molar-refractivity contribution is 0.0955. The molecule has 0 unspecified atom stereocenters. The Labute approximate surface area is 186 Å². The second-order valence-electron chi connectivity index (χ2n) is 7.63. The Kier molecular flexibility index (Phi) is 6.17. The molecule has 7 heteroatoms. The number of aromatic nitrogens is 2. The number of hydrazone groups is 1. The highest BCUT2D eigenvalue weighted by Crippen LogP contribution is 2.18. The Morgan fingerprint density at radius 1 is 1.09 bits per heavy atom. The molecule has 0 aliphatic heterocycles. The van der Waals surface area contributed by atoms with Crippen LogP contribution in [0.4, 0.5) is 5.69 Å². The van der Waals surface area contributed by atoms with Crippen LogP contribution in [0.3, 0.4) is 0 Å². The van der Waals surface area contributed by atoms with E-state index in [1.54, 1.807) is 25.5 Å². The number of nitrogens with zero attached hydrogens (tertiary/aromatic N) is 3. The predicted molar refractivity (Wildman–Crippen MR) is 128 cm³/mol. The van der Waals surface area contributed by atoms with Gasteiger partial charge in [-0.15, -0.1) is 0 Å². The summed E-state index contributed by atoms with van der Waals surface area (Å²) < 4.78 is 5.20. The van der Waals surface area contributed by atoms with E-state index in [2.05, 4.69) is 20.5 Å². The third-order valence-corrected chi connectivity index (χ3v) is 5.11. The Morgan fingerprint density at radius 3 is 2.53 bits per heavy atom. The first-order valence-corrected chi connectivity index (χ1v) is 10.2. The second-order valence-corrected chi connectivity index (χ2v) is 7.63. The molecule has 32 heavy (non-hydrogen) atoms. The molecule has 4 aromatic rings. The number of H-pyrrole nitrogens is 1. The molecule has 3 aromatic carbocycles. The molecule has 162 valence electrons. The van der Waals surface area contributed by atoms with Crippen molar-refractivity contribution in [2.24, 2.45) is 5.10 Å². The van der Waals surface area contributed by atoms with Crippen LogP contribution < -0.4 is 15.1 Å². The van der Waals surface area contributed by atoms with E-state index >= 15 is 0 Å². The van der Waals surface area contributed by atoms with Gasteiger partial charge < -0.3 is 14.6 Å². The number of carbonyl (C=O) groups excluding carboxylic acids is 1.